The van der Waals surface area contributed by atoms with Crippen LogP contribution in [-0.2, 0) is 11.3 Å². The summed E-state index contributed by atoms with van der Waals surface area (Å²) >= 11 is 3.28. The van der Waals surface area contributed by atoms with Crippen molar-refractivity contribution in [3.63, 3.8) is 0 Å². The SMILES string of the molecule is COCCCCCn1cc(Br)cc1C(=O)O. The van der Waals surface area contributed by atoms with Crippen molar-refractivity contribution in [1.82, 2.24) is 4.57 Å². The van der Waals surface area contributed by atoms with E-state index < -0.39 is 5.97 Å². The number of carboxylic acids is 1. The number of rotatable bonds is 7. The number of methoxy groups -OCH3 is 1. The van der Waals surface area contributed by atoms with E-state index in [2.05, 4.69) is 15.9 Å². The molecule has 1 rings (SSSR count). The maximum atomic E-state index is 10.9. The molecule has 0 saturated carbocycles. The van der Waals surface area contributed by atoms with Gasteiger partial charge >= 0.3 is 5.97 Å². The molecule has 0 radical (unpaired) electrons. The zero-order valence-corrected chi connectivity index (χ0v) is 10.9. The fraction of sp³-hybridized carbons (Fsp3) is 0.545. The van der Waals surface area contributed by atoms with Crippen molar-refractivity contribution in [3.05, 3.63) is 22.4 Å². The molecule has 1 aromatic heterocycles. The Morgan fingerprint density at radius 3 is 2.88 bits per heavy atom. The first kappa shape index (κ1) is 13.3. The molecule has 16 heavy (non-hydrogen) atoms. The molecule has 0 bridgehead atoms. The van der Waals surface area contributed by atoms with Crippen molar-refractivity contribution >= 4 is 21.9 Å². The van der Waals surface area contributed by atoms with Crippen LogP contribution in [0, 0.1) is 0 Å². The Balaban J connectivity index is 2.44. The second kappa shape index (κ2) is 6.70. The van der Waals surface area contributed by atoms with Gasteiger partial charge in [0.05, 0.1) is 0 Å². The first-order valence-electron chi connectivity index (χ1n) is 5.23. The fourth-order valence-corrected chi connectivity index (χ4v) is 2.01. The molecular formula is C11H16BrNO3. The maximum absolute atomic E-state index is 10.9. The van der Waals surface area contributed by atoms with Gasteiger partial charge in [0.15, 0.2) is 0 Å². The Hall–Kier alpha value is -0.810. The van der Waals surface area contributed by atoms with Gasteiger partial charge in [0.1, 0.15) is 5.69 Å². The fourth-order valence-electron chi connectivity index (χ4n) is 1.54. The first-order valence-corrected chi connectivity index (χ1v) is 6.02. The lowest BCUT2D eigenvalue weighted by atomic mass is 10.2. The van der Waals surface area contributed by atoms with E-state index in [0.717, 1.165) is 36.9 Å². The predicted molar refractivity (Wildman–Crippen MR) is 64.8 cm³/mol. The molecule has 0 saturated heterocycles. The van der Waals surface area contributed by atoms with Crippen LogP contribution in [0.5, 0.6) is 0 Å². The van der Waals surface area contributed by atoms with Crippen LogP contribution < -0.4 is 0 Å². The summed E-state index contributed by atoms with van der Waals surface area (Å²) in [6.45, 7) is 1.50. The molecule has 0 unspecified atom stereocenters. The summed E-state index contributed by atoms with van der Waals surface area (Å²) in [4.78, 5) is 10.9. The lowest BCUT2D eigenvalue weighted by molar-refractivity contribution is 0.0685. The van der Waals surface area contributed by atoms with Gasteiger partial charge < -0.3 is 14.4 Å². The van der Waals surface area contributed by atoms with E-state index in [1.54, 1.807) is 23.9 Å². The number of ether oxygens (including phenoxy) is 1. The van der Waals surface area contributed by atoms with E-state index in [-0.39, 0.29) is 0 Å². The summed E-state index contributed by atoms with van der Waals surface area (Å²) in [6, 6.07) is 1.62. The number of nitrogens with zero attached hydrogens (tertiary/aromatic N) is 1. The minimum absolute atomic E-state index is 0.332. The van der Waals surface area contributed by atoms with Crippen molar-refractivity contribution in [2.75, 3.05) is 13.7 Å². The highest BCUT2D eigenvalue weighted by atomic mass is 79.9. The Labute approximate surface area is 103 Å². The molecular weight excluding hydrogens is 274 g/mol. The standard InChI is InChI=1S/C11H16BrNO3/c1-16-6-4-2-3-5-13-8-9(12)7-10(13)11(14)15/h7-8H,2-6H2,1H3,(H,14,15). The highest BCUT2D eigenvalue weighted by molar-refractivity contribution is 9.10. The number of carbonyl (C=O) groups is 1. The maximum Gasteiger partial charge on any atom is 0.352 e. The average Bonchev–Trinajstić information content (AvgIpc) is 2.59. The Bertz CT molecular complexity index is 349. The summed E-state index contributed by atoms with van der Waals surface area (Å²) in [6.07, 6.45) is 4.83. The first-order chi connectivity index (χ1) is 7.65. The monoisotopic (exact) mass is 289 g/mol. The minimum Gasteiger partial charge on any atom is -0.477 e. The van der Waals surface area contributed by atoms with Gasteiger partial charge in [-0.15, -0.1) is 0 Å². The number of unbranched alkanes of at least 4 members (excludes halogenated alkanes) is 2. The van der Waals surface area contributed by atoms with Gasteiger partial charge in [-0.2, -0.15) is 0 Å². The van der Waals surface area contributed by atoms with Gasteiger partial charge in [0.2, 0.25) is 0 Å². The van der Waals surface area contributed by atoms with Crippen molar-refractivity contribution in [3.8, 4) is 0 Å². The third kappa shape index (κ3) is 3.98. The summed E-state index contributed by atoms with van der Waals surface area (Å²) in [5, 5.41) is 8.96. The topological polar surface area (TPSA) is 51.5 Å². The van der Waals surface area contributed by atoms with E-state index in [1.165, 1.54) is 0 Å². The van der Waals surface area contributed by atoms with Crippen molar-refractivity contribution in [2.24, 2.45) is 0 Å². The van der Waals surface area contributed by atoms with Crippen LogP contribution in [0.4, 0.5) is 0 Å². The zero-order valence-electron chi connectivity index (χ0n) is 9.28. The lowest BCUT2D eigenvalue weighted by Crippen LogP contribution is -2.07. The third-order valence-corrected chi connectivity index (χ3v) is 2.76. The van der Waals surface area contributed by atoms with Gasteiger partial charge in [0, 0.05) is 30.9 Å². The molecule has 1 heterocycles. The van der Waals surface area contributed by atoms with Crippen LogP contribution in [0.15, 0.2) is 16.7 Å². The number of aromatic nitrogens is 1. The van der Waals surface area contributed by atoms with Crippen LogP contribution in [-0.4, -0.2) is 29.4 Å². The molecule has 4 nitrogen and oxygen atoms in total. The molecule has 0 aliphatic heterocycles. The smallest absolute Gasteiger partial charge is 0.352 e. The number of hydrogen-bond acceptors (Lipinski definition) is 2. The van der Waals surface area contributed by atoms with E-state index >= 15 is 0 Å². The summed E-state index contributed by atoms with van der Waals surface area (Å²) < 4.78 is 7.52. The molecule has 0 fully saturated rings. The van der Waals surface area contributed by atoms with Crippen molar-refractivity contribution in [2.45, 2.75) is 25.8 Å². The van der Waals surface area contributed by atoms with Gasteiger partial charge in [-0.1, -0.05) is 0 Å². The van der Waals surface area contributed by atoms with E-state index in [1.807, 2.05) is 0 Å². The van der Waals surface area contributed by atoms with Crippen LogP contribution in [0.1, 0.15) is 29.8 Å². The quantitative estimate of drug-likeness (QED) is 0.786. The summed E-state index contributed by atoms with van der Waals surface area (Å²) in [7, 11) is 1.69. The molecule has 90 valence electrons. The minimum atomic E-state index is -0.886. The van der Waals surface area contributed by atoms with E-state index in [0.29, 0.717) is 5.69 Å². The van der Waals surface area contributed by atoms with Crippen LogP contribution in [0.25, 0.3) is 0 Å². The number of halogens is 1. The molecule has 0 amide bonds. The molecule has 5 heteroatoms. The van der Waals surface area contributed by atoms with Gasteiger partial charge in [-0.05, 0) is 41.3 Å². The van der Waals surface area contributed by atoms with Crippen LogP contribution in [0.3, 0.4) is 0 Å². The lowest BCUT2D eigenvalue weighted by Gasteiger charge is -2.05. The summed E-state index contributed by atoms with van der Waals surface area (Å²) in [5.41, 5.74) is 0.332. The Morgan fingerprint density at radius 2 is 2.25 bits per heavy atom. The van der Waals surface area contributed by atoms with Crippen LogP contribution >= 0.6 is 15.9 Å². The molecule has 1 N–H and O–H groups in total. The zero-order chi connectivity index (χ0) is 12.0. The van der Waals surface area contributed by atoms with Gasteiger partial charge in [-0.3, -0.25) is 0 Å². The second-order valence-electron chi connectivity index (χ2n) is 3.60. The average molecular weight is 290 g/mol. The predicted octanol–water partition coefficient (Wildman–Crippen LogP) is 2.77. The molecule has 0 atom stereocenters. The summed E-state index contributed by atoms with van der Waals surface area (Å²) in [5.74, 6) is -0.886. The Morgan fingerprint density at radius 1 is 1.50 bits per heavy atom. The van der Waals surface area contributed by atoms with Gasteiger partial charge in [-0.25, -0.2) is 4.79 Å². The number of aryl methyl sites for hydroxylation is 1. The third-order valence-electron chi connectivity index (χ3n) is 2.33. The van der Waals surface area contributed by atoms with Crippen LogP contribution in [0.2, 0.25) is 0 Å². The number of aromatic carboxylic acids is 1. The van der Waals surface area contributed by atoms with E-state index in [9.17, 15) is 4.79 Å². The normalized spacial score (nSPS) is 10.6. The second-order valence-corrected chi connectivity index (χ2v) is 4.51. The van der Waals surface area contributed by atoms with E-state index in [4.69, 9.17) is 9.84 Å². The highest BCUT2D eigenvalue weighted by Crippen LogP contribution is 2.16. The Kier molecular flexibility index (Phi) is 5.55. The highest BCUT2D eigenvalue weighted by Gasteiger charge is 2.10. The largest absolute Gasteiger partial charge is 0.477 e. The van der Waals surface area contributed by atoms with Gasteiger partial charge in [0.25, 0.3) is 0 Å². The molecule has 0 spiro atoms. The number of carboxylic acid groups (broad SMARTS) is 1. The van der Waals surface area contributed by atoms with Crippen molar-refractivity contribution < 1.29 is 14.6 Å². The number of hydrogen-bond donors (Lipinski definition) is 1. The molecule has 1 aromatic rings. The molecule has 0 aliphatic rings. The molecule has 0 aromatic carbocycles. The van der Waals surface area contributed by atoms with Crippen molar-refractivity contribution in [1.29, 1.82) is 0 Å². The molecule has 0 aliphatic carbocycles.